The summed E-state index contributed by atoms with van der Waals surface area (Å²) in [6.07, 6.45) is -1.76. The highest BCUT2D eigenvalue weighted by atomic mass is 35.5. The maximum atomic E-state index is 13.1. The van der Waals surface area contributed by atoms with Crippen molar-refractivity contribution in [3.8, 4) is 11.5 Å². The maximum absolute atomic E-state index is 13.1. The van der Waals surface area contributed by atoms with Crippen LogP contribution in [0.2, 0.25) is 5.02 Å². The van der Waals surface area contributed by atoms with Crippen LogP contribution >= 0.6 is 11.6 Å². The van der Waals surface area contributed by atoms with Crippen LogP contribution in [0.25, 0.3) is 5.65 Å². The van der Waals surface area contributed by atoms with Crippen molar-refractivity contribution in [1.82, 2.24) is 14.7 Å². The van der Waals surface area contributed by atoms with Crippen molar-refractivity contribution in [2.75, 3.05) is 27.9 Å². The molecule has 1 amide bonds. The number of hydrogen-bond acceptors (Lipinski definition) is 11. The predicted octanol–water partition coefficient (Wildman–Crippen LogP) is 0.546. The number of rotatable bonds is 9. The number of halogens is 1. The van der Waals surface area contributed by atoms with Crippen LogP contribution in [0.5, 0.6) is 11.5 Å². The van der Waals surface area contributed by atoms with Crippen molar-refractivity contribution in [2.45, 2.75) is 37.3 Å². The van der Waals surface area contributed by atoms with E-state index in [0.29, 0.717) is 16.9 Å². The number of ether oxygens (including phenoxy) is 5. The number of benzene rings is 1. The molecule has 13 nitrogen and oxygen atoms in total. The normalized spacial score (nSPS) is 22.9. The lowest BCUT2D eigenvalue weighted by Crippen LogP contribution is -2.64. The van der Waals surface area contributed by atoms with Crippen LogP contribution in [-0.4, -0.2) is 95.2 Å². The summed E-state index contributed by atoms with van der Waals surface area (Å²) in [7, 11) is 3.95. The molecule has 4 N–H and O–H groups in total. The first-order chi connectivity index (χ1) is 18.7. The Bertz CT molecular complexity index is 1350. The fourth-order valence-corrected chi connectivity index (χ4v) is 4.38. The zero-order valence-electron chi connectivity index (χ0n) is 21.2. The molecule has 2 aromatic heterocycles. The van der Waals surface area contributed by atoms with Crippen LogP contribution in [0.4, 0.5) is 0 Å². The lowest BCUT2D eigenvalue weighted by molar-refractivity contribution is -0.261. The Morgan fingerprint density at radius 2 is 1.92 bits per heavy atom. The summed E-state index contributed by atoms with van der Waals surface area (Å²) < 4.78 is 28.2. The highest BCUT2D eigenvalue weighted by Gasteiger charge is 2.45. The average Bonchev–Trinajstić information content (AvgIpc) is 3.36. The van der Waals surface area contributed by atoms with Gasteiger partial charge in [0.05, 0.1) is 42.7 Å². The third-order valence-electron chi connectivity index (χ3n) is 6.22. The molecule has 4 rings (SSSR count). The Morgan fingerprint density at radius 1 is 1.15 bits per heavy atom. The zero-order valence-corrected chi connectivity index (χ0v) is 22.0. The Labute approximate surface area is 227 Å². The first-order valence-electron chi connectivity index (χ1n) is 11.7. The van der Waals surface area contributed by atoms with E-state index in [1.807, 2.05) is 0 Å². The van der Waals surface area contributed by atoms with E-state index in [1.165, 1.54) is 33.5 Å². The molecule has 14 heteroatoms. The number of methoxy groups -OCH3 is 3. The van der Waals surface area contributed by atoms with Crippen molar-refractivity contribution >= 4 is 29.1 Å². The summed E-state index contributed by atoms with van der Waals surface area (Å²) in [6.45, 7) is -0.526. The van der Waals surface area contributed by atoms with Crippen molar-refractivity contribution in [2.24, 2.45) is 0 Å². The van der Waals surface area contributed by atoms with E-state index in [9.17, 15) is 24.9 Å². The quantitative estimate of drug-likeness (QED) is 0.267. The number of hydrogen-bond donors (Lipinski definition) is 4. The number of esters is 1. The fraction of sp³-hybridized carbons (Fsp3) is 0.400. The molecular formula is C25H28ClN3O10. The molecule has 0 aliphatic carbocycles. The molecule has 1 aliphatic rings. The van der Waals surface area contributed by atoms with Crippen LogP contribution in [0.3, 0.4) is 0 Å². The number of carbonyl (C=O) groups excluding carboxylic acids is 2. The third kappa shape index (κ3) is 5.93. The van der Waals surface area contributed by atoms with E-state index in [-0.39, 0.29) is 28.7 Å². The topological polar surface area (TPSA) is 170 Å². The summed E-state index contributed by atoms with van der Waals surface area (Å²) in [6, 6.07) is 4.80. The number of aliphatic hydroxyl groups is 3. The third-order valence-corrected chi connectivity index (χ3v) is 6.51. The number of pyridine rings is 1. The molecule has 0 spiro atoms. The van der Waals surface area contributed by atoms with Gasteiger partial charge in [0.2, 0.25) is 0 Å². The van der Waals surface area contributed by atoms with Crippen LogP contribution < -0.4 is 14.8 Å². The van der Waals surface area contributed by atoms with Gasteiger partial charge in [0.1, 0.15) is 48.1 Å². The van der Waals surface area contributed by atoms with Gasteiger partial charge >= 0.3 is 5.97 Å². The maximum Gasteiger partial charge on any atom is 0.338 e. The van der Waals surface area contributed by atoms with E-state index >= 15 is 0 Å². The van der Waals surface area contributed by atoms with Gasteiger partial charge in [0.25, 0.3) is 5.91 Å². The van der Waals surface area contributed by atoms with Crippen molar-refractivity contribution in [3.63, 3.8) is 0 Å². The van der Waals surface area contributed by atoms with Crippen molar-refractivity contribution < 1.29 is 48.6 Å². The minimum Gasteiger partial charge on any atom is -0.496 e. The highest BCUT2D eigenvalue weighted by Crippen LogP contribution is 2.34. The van der Waals surface area contributed by atoms with E-state index in [0.717, 1.165) is 0 Å². The first kappa shape index (κ1) is 28.5. The second-order valence-electron chi connectivity index (χ2n) is 8.62. The van der Waals surface area contributed by atoms with Gasteiger partial charge in [-0.05, 0) is 18.2 Å². The van der Waals surface area contributed by atoms with Gasteiger partial charge in [-0.3, -0.25) is 4.79 Å². The molecule has 5 atom stereocenters. The molecule has 1 aliphatic heterocycles. The summed E-state index contributed by atoms with van der Waals surface area (Å²) in [5.41, 5.74) is 1.45. The predicted molar refractivity (Wildman–Crippen MR) is 135 cm³/mol. The Kier molecular flexibility index (Phi) is 8.90. The number of carbonyl (C=O) groups is 2. The second kappa shape index (κ2) is 12.2. The number of nitrogens with one attached hydrogen (secondary N) is 1. The number of imidazole rings is 1. The number of nitrogens with zero attached hydrogens (tertiary/aromatic N) is 2. The molecule has 39 heavy (non-hydrogen) atoms. The summed E-state index contributed by atoms with van der Waals surface area (Å²) in [5, 5.41) is 32.7. The average molecular weight is 566 g/mol. The number of aliphatic hydroxyl groups excluding tert-OH is 3. The van der Waals surface area contributed by atoms with Gasteiger partial charge in [-0.25, -0.2) is 9.78 Å². The molecule has 1 saturated heterocycles. The number of aromatic nitrogens is 2. The molecule has 210 valence electrons. The lowest BCUT2D eigenvalue weighted by Gasteiger charge is -2.41. The molecule has 1 aromatic carbocycles. The van der Waals surface area contributed by atoms with E-state index < -0.39 is 49.1 Å². The summed E-state index contributed by atoms with van der Waals surface area (Å²) in [5.74, 6) is -0.825. The second-order valence-corrected chi connectivity index (χ2v) is 9.03. The Morgan fingerprint density at radius 3 is 2.59 bits per heavy atom. The smallest absolute Gasteiger partial charge is 0.338 e. The van der Waals surface area contributed by atoms with E-state index in [1.54, 1.807) is 28.9 Å². The van der Waals surface area contributed by atoms with Gasteiger partial charge in [0.15, 0.2) is 6.29 Å². The minimum atomic E-state index is -1.48. The van der Waals surface area contributed by atoms with Crippen molar-refractivity contribution in [1.29, 1.82) is 0 Å². The first-order valence-corrected chi connectivity index (χ1v) is 12.1. The number of amides is 1. The monoisotopic (exact) mass is 565 g/mol. The Balaban J connectivity index is 1.49. The van der Waals surface area contributed by atoms with Crippen molar-refractivity contribution in [3.05, 3.63) is 58.5 Å². The van der Waals surface area contributed by atoms with Gasteiger partial charge < -0.3 is 48.7 Å². The van der Waals surface area contributed by atoms with Gasteiger partial charge in [-0.15, -0.1) is 0 Å². The lowest BCUT2D eigenvalue weighted by atomic mass is 9.96. The standard InChI is InChI=1S/C25H28ClN3O10/c1-35-16-8-17(38-11-13-9-29-5-4-12(24(34)36-2)6-19(29)27-13)15(26)7-14(16)23(33)28-20-22(32)21(31)18(10-30)39-25(20)37-3/h4-9,18,20-22,25,30-32H,10-11H2,1-3H3,(H,28,33)/t18-,20-,21-,22-,25+/m1/s1. The zero-order chi connectivity index (χ0) is 28.3. The van der Waals surface area contributed by atoms with Gasteiger partial charge in [-0.2, -0.15) is 0 Å². The van der Waals surface area contributed by atoms with Crippen LogP contribution in [-0.2, 0) is 20.8 Å². The molecule has 1 fully saturated rings. The molecule has 0 radical (unpaired) electrons. The SMILES string of the molecule is COC(=O)c1ccn2cc(COc3cc(OC)c(C(=O)N[C@H]4[C@@H](OC)O[C@H](CO)[C@@H](O)[C@@H]4O)cc3Cl)nc2c1. The van der Waals surface area contributed by atoms with E-state index in [4.69, 9.17) is 35.3 Å². The summed E-state index contributed by atoms with van der Waals surface area (Å²) >= 11 is 6.40. The van der Waals surface area contributed by atoms with Crippen LogP contribution in [0, 0.1) is 0 Å². The summed E-state index contributed by atoms with van der Waals surface area (Å²) in [4.78, 5) is 29.3. The van der Waals surface area contributed by atoms with Crippen LogP contribution in [0.15, 0.2) is 36.7 Å². The molecule has 0 unspecified atom stereocenters. The van der Waals surface area contributed by atoms with E-state index in [2.05, 4.69) is 10.3 Å². The van der Waals surface area contributed by atoms with Gasteiger partial charge in [-0.1, -0.05) is 11.6 Å². The fourth-order valence-electron chi connectivity index (χ4n) is 4.16. The largest absolute Gasteiger partial charge is 0.496 e. The molecule has 3 aromatic rings. The highest BCUT2D eigenvalue weighted by molar-refractivity contribution is 6.32. The van der Waals surface area contributed by atoms with Gasteiger partial charge in [0, 0.05) is 25.6 Å². The van der Waals surface area contributed by atoms with Crippen LogP contribution in [0.1, 0.15) is 26.4 Å². The molecule has 0 bridgehead atoms. The minimum absolute atomic E-state index is 0.0225. The molecule has 3 heterocycles. The Hall–Kier alpha value is -3.46. The molecule has 0 saturated carbocycles. The molecular weight excluding hydrogens is 538 g/mol. The number of fused-ring (bicyclic) bond motifs is 1.